The van der Waals surface area contributed by atoms with E-state index in [1.54, 1.807) is 6.92 Å². The first kappa shape index (κ1) is 15.9. The van der Waals surface area contributed by atoms with Gasteiger partial charge >= 0.3 is 12.6 Å². The molecule has 1 unspecified atom stereocenters. The van der Waals surface area contributed by atoms with Crippen LogP contribution >= 0.6 is 0 Å². The summed E-state index contributed by atoms with van der Waals surface area (Å²) in [6.07, 6.45) is 5.14. The van der Waals surface area contributed by atoms with Crippen LogP contribution in [0.25, 0.3) is 0 Å². The van der Waals surface area contributed by atoms with Crippen LogP contribution in [0.3, 0.4) is 0 Å². The number of alkyl halides is 2. The molecule has 0 aliphatic heterocycles. The van der Waals surface area contributed by atoms with Crippen LogP contribution in [0.4, 0.5) is 8.78 Å². The van der Waals surface area contributed by atoms with E-state index in [0.717, 1.165) is 0 Å². The van der Waals surface area contributed by atoms with Crippen LogP contribution in [0.15, 0.2) is 24.3 Å². The van der Waals surface area contributed by atoms with E-state index in [4.69, 9.17) is 11.2 Å². The third-order valence-electron chi connectivity index (χ3n) is 2.37. The molecule has 0 fully saturated rings. The Kier molecular flexibility index (Phi) is 6.47. The van der Waals surface area contributed by atoms with E-state index in [2.05, 4.69) is 16.0 Å². The smallest absolute Gasteiger partial charge is 0.387 e. The minimum atomic E-state index is -2.89. The molecule has 0 heterocycles. The van der Waals surface area contributed by atoms with Gasteiger partial charge < -0.3 is 9.47 Å². The van der Waals surface area contributed by atoms with Gasteiger partial charge in [0, 0.05) is 0 Å². The van der Waals surface area contributed by atoms with Crippen LogP contribution in [0.5, 0.6) is 5.75 Å². The van der Waals surface area contributed by atoms with Crippen LogP contribution in [0.1, 0.15) is 18.5 Å². The van der Waals surface area contributed by atoms with Gasteiger partial charge in [0.2, 0.25) is 0 Å². The molecule has 0 aromatic heterocycles. The molecule has 4 nitrogen and oxygen atoms in total. The highest BCUT2D eigenvalue weighted by Crippen LogP contribution is 2.20. The summed E-state index contributed by atoms with van der Waals surface area (Å²) in [5.74, 6) is 1.90. The lowest BCUT2D eigenvalue weighted by Gasteiger charge is -2.16. The number of ether oxygens (including phenoxy) is 2. The van der Waals surface area contributed by atoms with Gasteiger partial charge in [0.1, 0.15) is 11.8 Å². The second kappa shape index (κ2) is 8.12. The Morgan fingerprint density at radius 3 is 2.55 bits per heavy atom. The van der Waals surface area contributed by atoms with Gasteiger partial charge in [0.15, 0.2) is 0 Å². The summed E-state index contributed by atoms with van der Waals surface area (Å²) < 4.78 is 33.3. The average molecular weight is 283 g/mol. The molecular formula is C14H15F2NO3. The van der Waals surface area contributed by atoms with Crippen molar-refractivity contribution in [2.24, 2.45) is 0 Å². The Morgan fingerprint density at radius 2 is 2.05 bits per heavy atom. The summed E-state index contributed by atoms with van der Waals surface area (Å²) in [6, 6.07) is 4.97. The number of nitrogens with one attached hydrogen (secondary N) is 1. The normalized spacial score (nSPS) is 11.8. The maximum Gasteiger partial charge on any atom is 0.387 e. The molecule has 0 saturated carbocycles. The molecule has 0 saturated heterocycles. The van der Waals surface area contributed by atoms with Gasteiger partial charge in [-0.1, -0.05) is 18.1 Å². The first-order valence-electron chi connectivity index (χ1n) is 5.96. The van der Waals surface area contributed by atoms with Crippen molar-refractivity contribution in [2.45, 2.75) is 19.6 Å². The zero-order chi connectivity index (χ0) is 15.0. The Morgan fingerprint density at radius 1 is 1.40 bits per heavy atom. The van der Waals surface area contributed by atoms with Gasteiger partial charge in [-0.3, -0.25) is 5.32 Å². The van der Waals surface area contributed by atoms with E-state index >= 15 is 0 Å². The van der Waals surface area contributed by atoms with Gasteiger partial charge in [-0.05, 0) is 24.6 Å². The SMILES string of the molecule is C#CCNC(C(=O)OCC)c1ccc(OC(F)F)cc1. The number of esters is 1. The van der Waals surface area contributed by atoms with Crippen LogP contribution < -0.4 is 10.1 Å². The predicted molar refractivity (Wildman–Crippen MR) is 69.3 cm³/mol. The van der Waals surface area contributed by atoms with Gasteiger partial charge in [0.25, 0.3) is 0 Å². The minimum absolute atomic E-state index is 0.0170. The van der Waals surface area contributed by atoms with Crippen molar-refractivity contribution in [3.05, 3.63) is 29.8 Å². The fourth-order valence-electron chi connectivity index (χ4n) is 1.57. The number of carbonyl (C=O) groups is 1. The van der Waals surface area contributed by atoms with Gasteiger partial charge in [0.05, 0.1) is 13.2 Å². The summed E-state index contributed by atoms with van der Waals surface area (Å²) in [5, 5.41) is 2.83. The zero-order valence-electron chi connectivity index (χ0n) is 10.9. The molecule has 108 valence electrons. The Hall–Kier alpha value is -2.13. The van der Waals surface area contributed by atoms with Crippen LogP contribution in [-0.4, -0.2) is 25.7 Å². The van der Waals surface area contributed by atoms with Gasteiger partial charge in [-0.15, -0.1) is 6.42 Å². The van der Waals surface area contributed by atoms with Crippen molar-refractivity contribution < 1.29 is 23.0 Å². The van der Waals surface area contributed by atoms with Crippen molar-refractivity contribution >= 4 is 5.97 Å². The molecule has 20 heavy (non-hydrogen) atoms. The van der Waals surface area contributed by atoms with E-state index in [1.807, 2.05) is 0 Å². The molecule has 0 amide bonds. The van der Waals surface area contributed by atoms with E-state index in [0.29, 0.717) is 5.56 Å². The summed E-state index contributed by atoms with van der Waals surface area (Å²) in [5.41, 5.74) is 0.556. The Balaban J connectivity index is 2.84. The summed E-state index contributed by atoms with van der Waals surface area (Å²) in [4.78, 5) is 11.8. The molecule has 0 radical (unpaired) electrons. The lowest BCUT2D eigenvalue weighted by Crippen LogP contribution is -2.30. The van der Waals surface area contributed by atoms with Crippen LogP contribution in [0.2, 0.25) is 0 Å². The van der Waals surface area contributed by atoms with E-state index < -0.39 is 18.6 Å². The molecule has 1 rings (SSSR count). The Labute approximate surface area is 116 Å². The number of benzene rings is 1. The summed E-state index contributed by atoms with van der Waals surface area (Å²) in [7, 11) is 0. The predicted octanol–water partition coefficient (Wildman–Crippen LogP) is 2.12. The average Bonchev–Trinajstić information content (AvgIpc) is 2.40. The van der Waals surface area contributed by atoms with Crippen molar-refractivity contribution in [3.8, 4) is 18.1 Å². The van der Waals surface area contributed by atoms with E-state index in [-0.39, 0.29) is 18.9 Å². The van der Waals surface area contributed by atoms with Crippen molar-refractivity contribution in [1.82, 2.24) is 5.32 Å². The third-order valence-corrected chi connectivity index (χ3v) is 2.37. The largest absolute Gasteiger partial charge is 0.465 e. The number of hydrogen-bond donors (Lipinski definition) is 1. The molecule has 0 bridgehead atoms. The van der Waals surface area contributed by atoms with Crippen molar-refractivity contribution in [1.29, 1.82) is 0 Å². The second-order valence-corrected chi connectivity index (χ2v) is 3.72. The first-order valence-corrected chi connectivity index (χ1v) is 5.96. The minimum Gasteiger partial charge on any atom is -0.465 e. The van der Waals surface area contributed by atoms with E-state index in [1.165, 1.54) is 24.3 Å². The molecule has 1 aromatic rings. The lowest BCUT2D eigenvalue weighted by atomic mass is 10.1. The van der Waals surface area contributed by atoms with Gasteiger partial charge in [-0.25, -0.2) is 4.79 Å². The second-order valence-electron chi connectivity index (χ2n) is 3.72. The summed E-state index contributed by atoms with van der Waals surface area (Å²) >= 11 is 0. The maximum absolute atomic E-state index is 12.0. The molecule has 1 atom stereocenters. The zero-order valence-corrected chi connectivity index (χ0v) is 10.9. The fraction of sp³-hybridized carbons (Fsp3) is 0.357. The highest BCUT2D eigenvalue weighted by atomic mass is 19.3. The lowest BCUT2D eigenvalue weighted by molar-refractivity contribution is -0.145. The van der Waals surface area contributed by atoms with E-state index in [9.17, 15) is 13.6 Å². The number of hydrogen-bond acceptors (Lipinski definition) is 4. The molecule has 1 N–H and O–H groups in total. The topological polar surface area (TPSA) is 47.6 Å². The molecule has 1 aromatic carbocycles. The Bertz CT molecular complexity index is 468. The molecular weight excluding hydrogens is 268 g/mol. The number of rotatable bonds is 7. The molecule has 6 heteroatoms. The van der Waals surface area contributed by atoms with Crippen LogP contribution in [0, 0.1) is 12.3 Å². The summed E-state index contributed by atoms with van der Waals surface area (Å²) in [6.45, 7) is -0.782. The van der Waals surface area contributed by atoms with Crippen molar-refractivity contribution in [2.75, 3.05) is 13.2 Å². The highest BCUT2D eigenvalue weighted by Gasteiger charge is 2.21. The number of carbonyl (C=O) groups excluding carboxylic acids is 1. The fourth-order valence-corrected chi connectivity index (χ4v) is 1.57. The molecule has 0 aliphatic carbocycles. The maximum atomic E-state index is 12.0. The standard InChI is InChI=1S/C14H15F2NO3/c1-3-9-17-12(13(18)19-4-2)10-5-7-11(8-6-10)20-14(15)16/h1,5-8,12,14,17H,4,9H2,2H3. The molecule has 0 spiro atoms. The first-order chi connectivity index (χ1) is 9.58. The number of halogens is 2. The third kappa shape index (κ3) is 4.86. The highest BCUT2D eigenvalue weighted by molar-refractivity contribution is 5.77. The number of terminal acetylenes is 1. The molecule has 0 aliphatic rings. The van der Waals surface area contributed by atoms with Gasteiger partial charge in [-0.2, -0.15) is 8.78 Å². The van der Waals surface area contributed by atoms with Crippen LogP contribution in [-0.2, 0) is 9.53 Å². The monoisotopic (exact) mass is 283 g/mol. The van der Waals surface area contributed by atoms with Crippen molar-refractivity contribution in [3.63, 3.8) is 0 Å². The quantitative estimate of drug-likeness (QED) is 0.615.